The predicted molar refractivity (Wildman–Crippen MR) is 59.9 cm³/mol. The summed E-state index contributed by atoms with van der Waals surface area (Å²) in [5.41, 5.74) is 8.72. The molecule has 1 aromatic heterocycles. The number of hydrogen-bond acceptors (Lipinski definition) is 2. The van der Waals surface area contributed by atoms with E-state index in [1.54, 1.807) is 0 Å². The first-order valence-electron chi connectivity index (χ1n) is 6.18. The Morgan fingerprint density at radius 2 is 2.13 bits per heavy atom. The van der Waals surface area contributed by atoms with Gasteiger partial charge in [-0.05, 0) is 38.5 Å². The Bertz CT molecular complexity index is 367. The molecule has 0 amide bonds. The van der Waals surface area contributed by atoms with E-state index in [4.69, 9.17) is 10.7 Å². The molecule has 0 fully saturated rings. The van der Waals surface area contributed by atoms with Gasteiger partial charge in [-0.25, -0.2) is 4.98 Å². The molecule has 2 heterocycles. The number of aryl methyl sites for hydroxylation is 1. The normalized spacial score (nSPS) is 24.7. The second-order valence-corrected chi connectivity index (χ2v) is 4.80. The monoisotopic (exact) mass is 205 g/mol. The van der Waals surface area contributed by atoms with Crippen LogP contribution in [-0.2, 0) is 19.4 Å². The quantitative estimate of drug-likeness (QED) is 0.756. The van der Waals surface area contributed by atoms with Gasteiger partial charge in [0.2, 0.25) is 0 Å². The Hall–Kier alpha value is -0.830. The summed E-state index contributed by atoms with van der Waals surface area (Å²) >= 11 is 0. The zero-order chi connectivity index (χ0) is 10.3. The van der Waals surface area contributed by atoms with Gasteiger partial charge in [-0.3, -0.25) is 0 Å². The van der Waals surface area contributed by atoms with Crippen molar-refractivity contribution in [2.45, 2.75) is 51.0 Å². The SMILES string of the molecule is NCC1CCCn2c1nc1c2CCCC1. The maximum Gasteiger partial charge on any atom is 0.113 e. The van der Waals surface area contributed by atoms with E-state index in [1.807, 2.05) is 0 Å². The highest BCUT2D eigenvalue weighted by Crippen LogP contribution is 2.31. The summed E-state index contributed by atoms with van der Waals surface area (Å²) in [7, 11) is 0. The van der Waals surface area contributed by atoms with Crippen LogP contribution in [0, 0.1) is 0 Å². The Kier molecular flexibility index (Phi) is 2.28. The molecule has 0 bridgehead atoms. The molecule has 0 radical (unpaired) electrons. The fraction of sp³-hybridized carbons (Fsp3) is 0.750. The lowest BCUT2D eigenvalue weighted by molar-refractivity contribution is 0.437. The molecule has 3 nitrogen and oxygen atoms in total. The molecule has 3 rings (SSSR count). The summed E-state index contributed by atoms with van der Waals surface area (Å²) in [6, 6.07) is 0. The van der Waals surface area contributed by atoms with Crippen molar-refractivity contribution in [2.75, 3.05) is 6.54 Å². The molecule has 82 valence electrons. The Balaban J connectivity index is 2.06. The van der Waals surface area contributed by atoms with Crippen LogP contribution in [0.3, 0.4) is 0 Å². The third kappa shape index (κ3) is 1.41. The Labute approximate surface area is 90.7 Å². The van der Waals surface area contributed by atoms with Crippen LogP contribution >= 0.6 is 0 Å². The minimum atomic E-state index is 0.518. The summed E-state index contributed by atoms with van der Waals surface area (Å²) in [6.07, 6.45) is 7.58. The highest BCUT2D eigenvalue weighted by atomic mass is 15.1. The van der Waals surface area contributed by atoms with Gasteiger partial charge in [0.1, 0.15) is 5.82 Å². The lowest BCUT2D eigenvalue weighted by atomic mass is 9.98. The number of aromatic nitrogens is 2. The fourth-order valence-corrected chi connectivity index (χ4v) is 3.03. The first-order chi connectivity index (χ1) is 7.40. The van der Waals surface area contributed by atoms with Crippen molar-refractivity contribution in [3.05, 3.63) is 17.2 Å². The standard InChI is InChI=1S/C12H19N3/c13-8-9-4-3-7-15-11-6-2-1-5-10(11)14-12(9)15/h9H,1-8,13H2. The molecule has 1 aliphatic carbocycles. The molecule has 1 unspecified atom stereocenters. The van der Waals surface area contributed by atoms with Crippen molar-refractivity contribution < 1.29 is 0 Å². The van der Waals surface area contributed by atoms with Crippen molar-refractivity contribution in [3.8, 4) is 0 Å². The van der Waals surface area contributed by atoms with E-state index in [-0.39, 0.29) is 0 Å². The van der Waals surface area contributed by atoms with Gasteiger partial charge >= 0.3 is 0 Å². The van der Waals surface area contributed by atoms with Crippen LogP contribution < -0.4 is 5.73 Å². The summed E-state index contributed by atoms with van der Waals surface area (Å²) < 4.78 is 2.47. The third-order valence-corrected chi connectivity index (χ3v) is 3.85. The molecular formula is C12H19N3. The van der Waals surface area contributed by atoms with Crippen LogP contribution in [0.4, 0.5) is 0 Å². The maximum atomic E-state index is 5.82. The summed E-state index contributed by atoms with van der Waals surface area (Å²) in [4.78, 5) is 4.83. The molecule has 0 aromatic carbocycles. The van der Waals surface area contributed by atoms with Crippen LogP contribution in [0.5, 0.6) is 0 Å². The Morgan fingerprint density at radius 1 is 1.27 bits per heavy atom. The highest BCUT2D eigenvalue weighted by molar-refractivity contribution is 5.23. The first kappa shape index (κ1) is 9.40. The number of fused-ring (bicyclic) bond motifs is 3. The fourth-order valence-electron chi connectivity index (χ4n) is 3.03. The van der Waals surface area contributed by atoms with Crippen molar-refractivity contribution in [1.29, 1.82) is 0 Å². The molecule has 2 aliphatic rings. The predicted octanol–water partition coefficient (Wildman–Crippen LogP) is 1.60. The Morgan fingerprint density at radius 3 is 3.00 bits per heavy atom. The van der Waals surface area contributed by atoms with Crippen LogP contribution in [-0.4, -0.2) is 16.1 Å². The maximum absolute atomic E-state index is 5.82. The van der Waals surface area contributed by atoms with Gasteiger partial charge in [-0.1, -0.05) is 0 Å². The lowest BCUT2D eigenvalue weighted by Gasteiger charge is -2.24. The smallest absolute Gasteiger partial charge is 0.113 e. The van der Waals surface area contributed by atoms with Crippen LogP contribution in [0.1, 0.15) is 48.8 Å². The van der Waals surface area contributed by atoms with Gasteiger partial charge in [0.25, 0.3) is 0 Å². The van der Waals surface area contributed by atoms with Crippen molar-refractivity contribution in [3.63, 3.8) is 0 Å². The molecule has 0 spiro atoms. The second kappa shape index (κ2) is 3.63. The van der Waals surface area contributed by atoms with Crippen LogP contribution in [0.25, 0.3) is 0 Å². The van der Waals surface area contributed by atoms with Crippen LogP contribution in [0.15, 0.2) is 0 Å². The average Bonchev–Trinajstić information content (AvgIpc) is 2.67. The largest absolute Gasteiger partial charge is 0.331 e. The average molecular weight is 205 g/mol. The number of imidazole rings is 1. The van der Waals surface area contributed by atoms with Crippen molar-refractivity contribution in [2.24, 2.45) is 5.73 Å². The minimum absolute atomic E-state index is 0.518. The number of rotatable bonds is 1. The molecular weight excluding hydrogens is 186 g/mol. The van der Waals surface area contributed by atoms with E-state index in [0.29, 0.717) is 5.92 Å². The van der Waals surface area contributed by atoms with E-state index in [2.05, 4.69) is 4.57 Å². The third-order valence-electron chi connectivity index (χ3n) is 3.85. The topological polar surface area (TPSA) is 43.8 Å². The van der Waals surface area contributed by atoms with E-state index < -0.39 is 0 Å². The van der Waals surface area contributed by atoms with Gasteiger partial charge < -0.3 is 10.3 Å². The number of hydrogen-bond donors (Lipinski definition) is 1. The molecule has 3 heteroatoms. The van der Waals surface area contributed by atoms with E-state index in [9.17, 15) is 0 Å². The van der Waals surface area contributed by atoms with E-state index in [0.717, 1.165) is 6.54 Å². The van der Waals surface area contributed by atoms with Gasteiger partial charge in [0.05, 0.1) is 5.69 Å². The molecule has 1 aliphatic heterocycles. The minimum Gasteiger partial charge on any atom is -0.331 e. The van der Waals surface area contributed by atoms with Gasteiger partial charge in [0.15, 0.2) is 0 Å². The van der Waals surface area contributed by atoms with Crippen LogP contribution in [0.2, 0.25) is 0 Å². The molecule has 0 saturated carbocycles. The zero-order valence-corrected chi connectivity index (χ0v) is 9.21. The first-order valence-corrected chi connectivity index (χ1v) is 6.18. The zero-order valence-electron chi connectivity index (χ0n) is 9.21. The van der Waals surface area contributed by atoms with Gasteiger partial charge in [-0.2, -0.15) is 0 Å². The second-order valence-electron chi connectivity index (χ2n) is 4.80. The highest BCUT2D eigenvalue weighted by Gasteiger charge is 2.26. The van der Waals surface area contributed by atoms with E-state index >= 15 is 0 Å². The molecule has 1 atom stereocenters. The summed E-state index contributed by atoms with van der Waals surface area (Å²) in [5.74, 6) is 1.81. The van der Waals surface area contributed by atoms with Crippen molar-refractivity contribution >= 4 is 0 Å². The van der Waals surface area contributed by atoms with Gasteiger partial charge in [-0.15, -0.1) is 0 Å². The summed E-state index contributed by atoms with van der Waals surface area (Å²) in [5, 5.41) is 0. The number of nitrogens with zero attached hydrogens (tertiary/aromatic N) is 2. The van der Waals surface area contributed by atoms with Crippen molar-refractivity contribution in [1.82, 2.24) is 9.55 Å². The molecule has 15 heavy (non-hydrogen) atoms. The molecule has 0 saturated heterocycles. The lowest BCUT2D eigenvalue weighted by Crippen LogP contribution is -2.23. The van der Waals surface area contributed by atoms with Gasteiger partial charge in [0, 0.05) is 24.7 Å². The van der Waals surface area contributed by atoms with E-state index in [1.165, 1.54) is 62.3 Å². The molecule has 1 aromatic rings. The summed E-state index contributed by atoms with van der Waals surface area (Å²) in [6.45, 7) is 1.93. The number of nitrogens with two attached hydrogens (primary N) is 1. The molecule has 2 N–H and O–H groups in total.